The van der Waals surface area contributed by atoms with Crippen molar-refractivity contribution in [1.82, 2.24) is 23.8 Å². The fourth-order valence-electron chi connectivity index (χ4n) is 5.23. The Balaban J connectivity index is 0.000000259. The number of imidazole rings is 1. The van der Waals surface area contributed by atoms with Crippen molar-refractivity contribution in [1.29, 1.82) is 5.26 Å². The van der Waals surface area contributed by atoms with E-state index in [9.17, 15) is 9.90 Å². The zero-order chi connectivity index (χ0) is 29.1. The average Bonchev–Trinajstić information content (AvgIpc) is 3.56. The number of likely N-dealkylation sites (tertiary alicyclic amines) is 1. The van der Waals surface area contributed by atoms with Gasteiger partial charge in [-0.05, 0) is 69.6 Å². The molecule has 41 heavy (non-hydrogen) atoms. The Kier molecular flexibility index (Phi) is 7.92. The normalized spacial score (nSPS) is 14.0. The molecule has 10 nitrogen and oxygen atoms in total. The van der Waals surface area contributed by atoms with Crippen LogP contribution in [0.5, 0.6) is 6.01 Å². The van der Waals surface area contributed by atoms with Gasteiger partial charge >= 0.3 is 11.8 Å². The number of oxazole rings is 1. The van der Waals surface area contributed by atoms with Gasteiger partial charge in [-0.3, -0.25) is 8.97 Å². The number of fused-ring (bicyclic) bond motifs is 2. The van der Waals surface area contributed by atoms with Crippen LogP contribution >= 0.6 is 0 Å². The summed E-state index contributed by atoms with van der Waals surface area (Å²) < 4.78 is 14.1. The Morgan fingerprint density at radius 1 is 1.10 bits per heavy atom. The van der Waals surface area contributed by atoms with E-state index in [4.69, 9.17) is 19.4 Å². The van der Waals surface area contributed by atoms with Crippen LogP contribution in [0.2, 0.25) is 0 Å². The molecule has 4 heterocycles. The van der Waals surface area contributed by atoms with Gasteiger partial charge in [-0.1, -0.05) is 24.6 Å². The molecule has 1 N–H and O–H groups in total. The standard InChI is InChI=1S/C22H15N5O3.C9H19NO/c1-26-16-8-7-15(11-17(16)30-22(26)28)18-19(14-5-3-13(12-23)4-6-14)25-21(29-2)27-10-9-24-20(18)27;1-9(2,11)8-10-6-4-3-5-7-10/h3-11H,1-2H3;11H,3-8H2,1-2H3. The van der Waals surface area contributed by atoms with Gasteiger partial charge in [0.05, 0.1) is 41.1 Å². The Labute approximate surface area is 238 Å². The van der Waals surface area contributed by atoms with E-state index >= 15 is 0 Å². The lowest BCUT2D eigenvalue weighted by molar-refractivity contribution is 0.0302. The summed E-state index contributed by atoms with van der Waals surface area (Å²) in [5, 5.41) is 18.6. The molecular weight excluding hydrogens is 520 g/mol. The molecule has 1 aliphatic rings. The number of aryl methyl sites for hydroxylation is 1. The molecule has 1 fully saturated rings. The maximum Gasteiger partial charge on any atom is 0.419 e. The molecule has 1 aliphatic heterocycles. The third-order valence-electron chi connectivity index (χ3n) is 7.12. The third kappa shape index (κ3) is 6.01. The van der Waals surface area contributed by atoms with Gasteiger partial charge in [-0.25, -0.2) is 9.78 Å². The summed E-state index contributed by atoms with van der Waals surface area (Å²) in [5.41, 5.74) is 4.88. The Morgan fingerprint density at radius 2 is 1.80 bits per heavy atom. The monoisotopic (exact) mass is 554 g/mol. The number of ether oxygens (including phenoxy) is 1. The summed E-state index contributed by atoms with van der Waals surface area (Å²) in [7, 11) is 3.21. The lowest BCUT2D eigenvalue weighted by Gasteiger charge is -2.31. The van der Waals surface area contributed by atoms with Gasteiger partial charge in [-0.15, -0.1) is 0 Å². The van der Waals surface area contributed by atoms with Gasteiger partial charge in [-0.2, -0.15) is 10.2 Å². The molecule has 0 unspecified atom stereocenters. The first-order valence-corrected chi connectivity index (χ1v) is 13.6. The maximum absolute atomic E-state index is 11.9. The summed E-state index contributed by atoms with van der Waals surface area (Å²) in [6, 6.07) is 15.2. The van der Waals surface area contributed by atoms with Crippen molar-refractivity contribution >= 4 is 16.7 Å². The molecule has 0 spiro atoms. The fourth-order valence-corrected chi connectivity index (χ4v) is 5.23. The minimum atomic E-state index is -0.517. The number of methoxy groups -OCH3 is 1. The number of β-amino-alcohol motifs (C(OH)–C–C–N with tert-alkyl or cyclic N) is 1. The van der Waals surface area contributed by atoms with Gasteiger partial charge < -0.3 is 19.2 Å². The SMILES string of the molecule is CC(C)(O)CN1CCCCC1.COc1nc(-c2ccc(C#N)cc2)c(-c2ccc3c(c2)oc(=O)n3C)c2nccn12. The second-order valence-corrected chi connectivity index (χ2v) is 10.9. The predicted octanol–water partition coefficient (Wildman–Crippen LogP) is 4.63. The van der Waals surface area contributed by atoms with Crippen molar-refractivity contribution in [3.63, 3.8) is 0 Å². The number of aromatic nitrogens is 4. The van der Waals surface area contributed by atoms with E-state index in [0.717, 1.165) is 23.2 Å². The summed E-state index contributed by atoms with van der Waals surface area (Å²) in [4.78, 5) is 23.5. The minimum Gasteiger partial charge on any atom is -0.468 e. The van der Waals surface area contributed by atoms with E-state index in [1.54, 1.807) is 43.1 Å². The molecule has 0 bridgehead atoms. The van der Waals surface area contributed by atoms with Crippen LogP contribution in [0.15, 0.2) is 64.1 Å². The lowest BCUT2D eigenvalue weighted by atomic mass is 9.99. The van der Waals surface area contributed by atoms with Crippen LogP contribution < -0.4 is 10.5 Å². The molecule has 0 radical (unpaired) electrons. The van der Waals surface area contributed by atoms with E-state index < -0.39 is 11.4 Å². The zero-order valence-electron chi connectivity index (χ0n) is 23.8. The van der Waals surface area contributed by atoms with Gasteiger partial charge in [0.2, 0.25) is 0 Å². The van der Waals surface area contributed by atoms with Gasteiger partial charge in [0.15, 0.2) is 11.2 Å². The predicted molar refractivity (Wildman–Crippen MR) is 157 cm³/mol. The number of hydrogen-bond donors (Lipinski definition) is 1. The van der Waals surface area contributed by atoms with Crippen LogP contribution in [0.1, 0.15) is 38.7 Å². The van der Waals surface area contributed by atoms with E-state index in [-0.39, 0.29) is 0 Å². The van der Waals surface area contributed by atoms with E-state index in [1.165, 1.54) is 36.9 Å². The number of hydrogen-bond acceptors (Lipinski definition) is 8. The van der Waals surface area contributed by atoms with Gasteiger partial charge in [0.25, 0.3) is 0 Å². The van der Waals surface area contributed by atoms with Crippen LogP contribution in [0.4, 0.5) is 0 Å². The van der Waals surface area contributed by atoms with Gasteiger partial charge in [0, 0.05) is 31.5 Å². The molecule has 2 aromatic carbocycles. The van der Waals surface area contributed by atoms with Gasteiger partial charge in [0.1, 0.15) is 0 Å². The molecule has 212 valence electrons. The molecule has 3 aromatic heterocycles. The highest BCUT2D eigenvalue weighted by Crippen LogP contribution is 2.37. The Hall–Kier alpha value is -4.46. The first-order valence-electron chi connectivity index (χ1n) is 13.6. The number of piperidine rings is 1. The minimum absolute atomic E-state index is 0.387. The second-order valence-electron chi connectivity index (χ2n) is 10.9. The van der Waals surface area contributed by atoms with Crippen molar-refractivity contribution in [3.05, 3.63) is 71.0 Å². The van der Waals surface area contributed by atoms with Crippen LogP contribution in [0.25, 0.3) is 39.1 Å². The molecular formula is C31H34N6O4. The second kappa shape index (κ2) is 11.6. The van der Waals surface area contributed by atoms with Crippen LogP contribution in [0.3, 0.4) is 0 Å². The van der Waals surface area contributed by atoms with Crippen molar-refractivity contribution < 1.29 is 14.3 Å². The number of rotatable bonds is 5. The summed E-state index contributed by atoms with van der Waals surface area (Å²) in [5.74, 6) is -0.423. The third-order valence-corrected chi connectivity index (χ3v) is 7.12. The Morgan fingerprint density at radius 3 is 2.46 bits per heavy atom. The van der Waals surface area contributed by atoms with Crippen molar-refractivity contribution in [2.75, 3.05) is 26.7 Å². The topological polar surface area (TPSA) is 122 Å². The number of aliphatic hydroxyl groups is 1. The molecule has 5 aromatic rings. The largest absolute Gasteiger partial charge is 0.468 e. The lowest BCUT2D eigenvalue weighted by Crippen LogP contribution is -2.41. The highest BCUT2D eigenvalue weighted by molar-refractivity contribution is 5.93. The number of nitriles is 1. The average molecular weight is 555 g/mol. The molecule has 1 saturated heterocycles. The quantitative estimate of drug-likeness (QED) is 0.334. The van der Waals surface area contributed by atoms with Crippen molar-refractivity contribution in [3.8, 4) is 34.5 Å². The summed E-state index contributed by atoms with van der Waals surface area (Å²) >= 11 is 0. The van der Waals surface area contributed by atoms with Crippen molar-refractivity contribution in [2.45, 2.75) is 38.7 Å². The first-order chi connectivity index (χ1) is 19.7. The van der Waals surface area contributed by atoms with Crippen LogP contribution in [0, 0.1) is 11.3 Å². The van der Waals surface area contributed by atoms with E-state index in [2.05, 4.69) is 16.0 Å². The molecule has 0 aliphatic carbocycles. The highest BCUT2D eigenvalue weighted by atomic mass is 16.5. The van der Waals surface area contributed by atoms with Crippen LogP contribution in [-0.2, 0) is 7.05 Å². The smallest absolute Gasteiger partial charge is 0.419 e. The molecule has 0 atom stereocenters. The maximum atomic E-state index is 11.9. The van der Waals surface area contributed by atoms with Crippen molar-refractivity contribution in [2.24, 2.45) is 7.05 Å². The van der Waals surface area contributed by atoms with Crippen LogP contribution in [-0.4, -0.2) is 61.3 Å². The first kappa shape index (κ1) is 28.1. The number of nitrogens with zero attached hydrogens (tertiary/aromatic N) is 6. The Bertz CT molecular complexity index is 1760. The fraction of sp³-hybridized carbons (Fsp3) is 0.355. The zero-order valence-corrected chi connectivity index (χ0v) is 23.8. The summed E-state index contributed by atoms with van der Waals surface area (Å²) in [6.45, 7) is 6.92. The van der Waals surface area contributed by atoms with E-state index in [1.807, 2.05) is 44.2 Å². The molecule has 0 saturated carbocycles. The summed E-state index contributed by atoms with van der Waals surface area (Å²) in [6.07, 6.45) is 7.41. The highest BCUT2D eigenvalue weighted by Gasteiger charge is 2.21. The number of benzene rings is 2. The van der Waals surface area contributed by atoms with E-state index in [0.29, 0.717) is 34.0 Å². The molecule has 6 rings (SSSR count). The molecule has 0 amide bonds. The molecule has 10 heteroatoms.